The summed E-state index contributed by atoms with van der Waals surface area (Å²) in [5, 5.41) is 12.8. The lowest BCUT2D eigenvalue weighted by atomic mass is 10.1. The molecular weight excluding hydrogens is 445 g/mol. The molecule has 0 saturated heterocycles. The summed E-state index contributed by atoms with van der Waals surface area (Å²) in [6.07, 6.45) is 2.13. The normalized spacial score (nSPS) is 11.3. The molecule has 10 nitrogen and oxygen atoms in total. The van der Waals surface area contributed by atoms with Crippen LogP contribution in [0.3, 0.4) is 0 Å². The van der Waals surface area contributed by atoms with Crippen LogP contribution in [0.4, 0.5) is 4.39 Å². The van der Waals surface area contributed by atoms with Crippen molar-refractivity contribution in [1.82, 2.24) is 15.0 Å². The Balaban J connectivity index is 2.05. The predicted octanol–water partition coefficient (Wildman–Crippen LogP) is 0.940. The van der Waals surface area contributed by atoms with E-state index >= 15 is 0 Å². The molecule has 0 radical (unpaired) electrons. The number of halogens is 1. The van der Waals surface area contributed by atoms with Crippen molar-refractivity contribution < 1.29 is 32.3 Å². The summed E-state index contributed by atoms with van der Waals surface area (Å²) in [4.78, 5) is 46.0. The van der Waals surface area contributed by atoms with Gasteiger partial charge in [-0.1, -0.05) is 13.0 Å². The minimum Gasteiger partial charge on any atom is -0.505 e. The first-order valence-corrected chi connectivity index (χ1v) is 11.1. The van der Waals surface area contributed by atoms with Gasteiger partial charge in [-0.05, 0) is 29.8 Å². The van der Waals surface area contributed by atoms with Crippen LogP contribution in [0.1, 0.15) is 29.3 Å². The maximum atomic E-state index is 13.5. The molecule has 0 aliphatic carbocycles. The van der Waals surface area contributed by atoms with Gasteiger partial charge in [-0.25, -0.2) is 17.6 Å². The van der Waals surface area contributed by atoms with Crippen molar-refractivity contribution >= 4 is 32.7 Å². The van der Waals surface area contributed by atoms with Crippen LogP contribution in [-0.2, 0) is 21.2 Å². The van der Waals surface area contributed by atoms with Crippen LogP contribution in [0.15, 0.2) is 46.2 Å². The van der Waals surface area contributed by atoms with E-state index in [0.29, 0.717) is 4.73 Å². The maximum absolute atomic E-state index is 13.5. The van der Waals surface area contributed by atoms with Gasteiger partial charge in [-0.3, -0.25) is 14.6 Å². The van der Waals surface area contributed by atoms with E-state index in [9.17, 15) is 32.3 Å². The second-order valence-electron chi connectivity index (χ2n) is 6.72. The Morgan fingerprint density at radius 3 is 2.66 bits per heavy atom. The molecule has 0 fully saturated rings. The quantitative estimate of drug-likeness (QED) is 0.550. The summed E-state index contributed by atoms with van der Waals surface area (Å²) < 4.78 is 37.9. The highest BCUT2D eigenvalue weighted by atomic mass is 32.2. The standard InChI is InChI=1S/C20H18FN3O7S/c1-3-15(25)31-24-13-5-4-8-22-17(13)18(26)16(20(24)28)19(27)23-10-11-6-7-12(21)9-14(11)32(2,29)30/h4-9,26H,3,10H2,1-2H3,(H,23,27). The van der Waals surface area contributed by atoms with Gasteiger partial charge < -0.3 is 15.3 Å². The minimum atomic E-state index is -3.81. The van der Waals surface area contributed by atoms with Crippen molar-refractivity contribution in [3.05, 3.63) is 63.8 Å². The van der Waals surface area contributed by atoms with Crippen LogP contribution in [0.2, 0.25) is 0 Å². The number of carbonyl (C=O) groups excluding carboxylic acids is 2. The van der Waals surface area contributed by atoms with Gasteiger partial charge in [0.15, 0.2) is 21.2 Å². The number of nitrogens with one attached hydrogen (secondary N) is 1. The SMILES string of the molecule is CCC(=O)On1c(=O)c(C(=O)NCc2ccc(F)cc2S(C)(=O)=O)c(O)c2ncccc21. The first-order valence-electron chi connectivity index (χ1n) is 9.25. The van der Waals surface area contributed by atoms with E-state index in [4.69, 9.17) is 4.84 Å². The average Bonchev–Trinajstić information content (AvgIpc) is 2.75. The van der Waals surface area contributed by atoms with Gasteiger partial charge in [0, 0.05) is 25.4 Å². The Morgan fingerprint density at radius 1 is 1.28 bits per heavy atom. The lowest BCUT2D eigenvalue weighted by Gasteiger charge is -2.14. The van der Waals surface area contributed by atoms with E-state index in [1.807, 2.05) is 0 Å². The van der Waals surface area contributed by atoms with E-state index in [1.54, 1.807) is 0 Å². The number of aromatic hydroxyl groups is 1. The molecule has 0 unspecified atom stereocenters. The zero-order chi connectivity index (χ0) is 23.6. The fraction of sp³-hybridized carbons (Fsp3) is 0.200. The van der Waals surface area contributed by atoms with E-state index < -0.39 is 50.9 Å². The van der Waals surface area contributed by atoms with Gasteiger partial charge in [0.2, 0.25) is 0 Å². The zero-order valence-electron chi connectivity index (χ0n) is 17.0. The molecule has 2 heterocycles. The fourth-order valence-electron chi connectivity index (χ4n) is 2.92. The Morgan fingerprint density at radius 2 is 2.00 bits per heavy atom. The van der Waals surface area contributed by atoms with Crippen LogP contribution < -0.4 is 15.7 Å². The molecule has 1 aromatic carbocycles. The fourth-order valence-corrected chi connectivity index (χ4v) is 3.86. The number of rotatable bonds is 6. The summed E-state index contributed by atoms with van der Waals surface area (Å²) in [7, 11) is -3.81. The number of hydrogen-bond donors (Lipinski definition) is 2. The lowest BCUT2D eigenvalue weighted by molar-refractivity contribution is -0.143. The monoisotopic (exact) mass is 463 g/mol. The van der Waals surface area contributed by atoms with Gasteiger partial charge in [0.1, 0.15) is 16.9 Å². The second kappa shape index (κ2) is 8.75. The highest BCUT2D eigenvalue weighted by Crippen LogP contribution is 2.24. The van der Waals surface area contributed by atoms with Gasteiger partial charge in [-0.2, -0.15) is 0 Å². The van der Waals surface area contributed by atoms with Gasteiger partial charge in [0.05, 0.1) is 4.90 Å². The van der Waals surface area contributed by atoms with Crippen molar-refractivity contribution in [2.24, 2.45) is 0 Å². The summed E-state index contributed by atoms with van der Waals surface area (Å²) >= 11 is 0. The highest BCUT2D eigenvalue weighted by Gasteiger charge is 2.25. The molecule has 0 aliphatic rings. The number of pyridine rings is 2. The van der Waals surface area contributed by atoms with Gasteiger partial charge in [0.25, 0.3) is 5.91 Å². The number of sulfone groups is 1. The van der Waals surface area contributed by atoms with Gasteiger partial charge in [-0.15, -0.1) is 4.73 Å². The van der Waals surface area contributed by atoms with Crippen molar-refractivity contribution in [3.8, 4) is 5.75 Å². The smallest absolute Gasteiger partial charge is 0.332 e. The molecule has 32 heavy (non-hydrogen) atoms. The number of hydrogen-bond acceptors (Lipinski definition) is 8. The molecular formula is C20H18FN3O7S. The molecule has 12 heteroatoms. The molecule has 0 bridgehead atoms. The molecule has 0 saturated carbocycles. The molecule has 0 aliphatic heterocycles. The molecule has 3 rings (SSSR count). The molecule has 3 aromatic rings. The minimum absolute atomic E-state index is 0.0359. The van der Waals surface area contributed by atoms with Crippen molar-refractivity contribution in [2.45, 2.75) is 24.8 Å². The van der Waals surface area contributed by atoms with E-state index in [0.717, 1.165) is 18.4 Å². The molecule has 2 N–H and O–H groups in total. The third-order valence-corrected chi connectivity index (χ3v) is 5.62. The predicted molar refractivity (Wildman–Crippen MR) is 110 cm³/mol. The molecule has 0 atom stereocenters. The Labute approximate surface area is 181 Å². The summed E-state index contributed by atoms with van der Waals surface area (Å²) in [6.45, 7) is 1.11. The van der Waals surface area contributed by atoms with Gasteiger partial charge >= 0.3 is 11.5 Å². The Hall–Kier alpha value is -3.80. The van der Waals surface area contributed by atoms with Crippen LogP contribution in [0, 0.1) is 5.82 Å². The summed E-state index contributed by atoms with van der Waals surface area (Å²) in [5.41, 5.74) is -2.02. The largest absolute Gasteiger partial charge is 0.505 e. The number of amides is 1. The summed E-state index contributed by atoms with van der Waals surface area (Å²) in [5.74, 6) is -3.36. The third-order valence-electron chi connectivity index (χ3n) is 4.44. The lowest BCUT2D eigenvalue weighted by Crippen LogP contribution is -2.37. The first kappa shape index (κ1) is 22.9. The Kier molecular flexibility index (Phi) is 6.25. The van der Waals surface area contributed by atoms with Crippen LogP contribution >= 0.6 is 0 Å². The van der Waals surface area contributed by atoms with Crippen molar-refractivity contribution in [2.75, 3.05) is 6.26 Å². The Bertz CT molecular complexity index is 1400. The topological polar surface area (TPSA) is 145 Å². The third kappa shape index (κ3) is 4.44. The van der Waals surface area contributed by atoms with Crippen LogP contribution in [0.5, 0.6) is 5.75 Å². The number of fused-ring (bicyclic) bond motifs is 1. The first-order chi connectivity index (χ1) is 15.0. The number of aromatic nitrogens is 2. The summed E-state index contributed by atoms with van der Waals surface area (Å²) in [6, 6.07) is 5.81. The van der Waals surface area contributed by atoms with Crippen molar-refractivity contribution in [3.63, 3.8) is 0 Å². The van der Waals surface area contributed by atoms with E-state index in [-0.39, 0.29) is 27.9 Å². The zero-order valence-corrected chi connectivity index (χ0v) is 17.8. The van der Waals surface area contributed by atoms with Crippen LogP contribution in [-0.4, -0.2) is 41.4 Å². The maximum Gasteiger partial charge on any atom is 0.332 e. The number of benzene rings is 1. The number of carbonyl (C=O) groups is 2. The van der Waals surface area contributed by atoms with Crippen molar-refractivity contribution in [1.29, 1.82) is 0 Å². The molecule has 0 spiro atoms. The molecule has 168 valence electrons. The molecule has 2 aromatic heterocycles. The second-order valence-corrected chi connectivity index (χ2v) is 8.70. The van der Waals surface area contributed by atoms with Crippen LogP contribution in [0.25, 0.3) is 11.0 Å². The van der Waals surface area contributed by atoms with E-state index in [1.165, 1.54) is 31.3 Å². The average molecular weight is 463 g/mol. The molecule has 1 amide bonds. The number of nitrogens with zero attached hydrogens (tertiary/aromatic N) is 2. The van der Waals surface area contributed by atoms with E-state index in [2.05, 4.69) is 10.3 Å². The highest BCUT2D eigenvalue weighted by molar-refractivity contribution is 7.90.